The molecule has 0 N–H and O–H groups in total. The maximum absolute atomic E-state index is 8.75. The van der Waals surface area contributed by atoms with Crippen LogP contribution in [0.4, 0.5) is 0 Å². The first kappa shape index (κ1) is 11.0. The lowest BCUT2D eigenvalue weighted by Gasteiger charge is -2.05. The maximum atomic E-state index is 8.75. The van der Waals surface area contributed by atoms with Gasteiger partial charge in [0.2, 0.25) is 0 Å². The van der Waals surface area contributed by atoms with E-state index in [1.54, 1.807) is 13.2 Å². The molecule has 1 aromatic rings. The molecule has 0 saturated heterocycles. The van der Waals surface area contributed by atoms with Crippen LogP contribution in [-0.2, 0) is 11.2 Å². The second-order valence-electron chi connectivity index (χ2n) is 2.93. The van der Waals surface area contributed by atoms with Crippen LogP contribution in [0.2, 0.25) is 5.15 Å². The first-order valence-electron chi connectivity index (χ1n) is 4.24. The van der Waals surface area contributed by atoms with Gasteiger partial charge in [-0.1, -0.05) is 11.6 Å². The van der Waals surface area contributed by atoms with Gasteiger partial charge in [0, 0.05) is 12.8 Å². The Morgan fingerprint density at radius 1 is 1.64 bits per heavy atom. The number of hydrogen-bond acceptors (Lipinski definition) is 3. The molecule has 0 bridgehead atoms. The number of nitrogens with zero attached hydrogens (tertiary/aromatic N) is 2. The quantitative estimate of drug-likeness (QED) is 0.718. The number of ether oxygens (including phenoxy) is 1. The Balaban J connectivity index is 3.00. The Morgan fingerprint density at radius 3 is 2.93 bits per heavy atom. The van der Waals surface area contributed by atoms with Gasteiger partial charge < -0.3 is 4.74 Å². The summed E-state index contributed by atoms with van der Waals surface area (Å²) in [7, 11) is 1.64. The number of aryl methyl sites for hydroxylation is 1. The molecule has 0 saturated carbocycles. The van der Waals surface area contributed by atoms with Crippen molar-refractivity contribution in [3.05, 3.63) is 28.0 Å². The highest BCUT2D eigenvalue weighted by Gasteiger charge is 2.06. The van der Waals surface area contributed by atoms with Crippen molar-refractivity contribution in [3.8, 4) is 6.07 Å². The number of aromatic nitrogens is 1. The van der Waals surface area contributed by atoms with Crippen LogP contribution in [0.5, 0.6) is 0 Å². The summed E-state index contributed by atoms with van der Waals surface area (Å²) >= 11 is 5.77. The van der Waals surface area contributed by atoms with Crippen LogP contribution >= 0.6 is 11.6 Å². The smallest absolute Gasteiger partial charge is 0.147 e. The fraction of sp³-hybridized carbons (Fsp3) is 0.400. The average Bonchev–Trinajstić information content (AvgIpc) is 2.17. The van der Waals surface area contributed by atoms with Gasteiger partial charge in [-0.15, -0.1) is 0 Å². The molecule has 0 atom stereocenters. The summed E-state index contributed by atoms with van der Waals surface area (Å²) in [5.41, 5.74) is 2.28. The minimum Gasteiger partial charge on any atom is -0.384 e. The molecule has 1 rings (SSSR count). The summed E-state index contributed by atoms with van der Waals surface area (Å²) in [4.78, 5) is 4.08. The van der Waals surface area contributed by atoms with Gasteiger partial charge in [-0.2, -0.15) is 5.26 Å². The third-order valence-electron chi connectivity index (χ3n) is 1.97. The average molecular weight is 211 g/mol. The molecule has 4 heteroatoms. The minimum absolute atomic E-state index is 0.270. The van der Waals surface area contributed by atoms with E-state index in [4.69, 9.17) is 21.6 Å². The van der Waals surface area contributed by atoms with E-state index < -0.39 is 0 Å². The first-order chi connectivity index (χ1) is 6.69. The van der Waals surface area contributed by atoms with E-state index in [2.05, 4.69) is 4.98 Å². The number of methoxy groups -OCH3 is 1. The molecule has 1 heterocycles. The summed E-state index contributed by atoms with van der Waals surface area (Å²) < 4.78 is 4.96. The van der Waals surface area contributed by atoms with Crippen molar-refractivity contribution in [2.45, 2.75) is 13.3 Å². The summed E-state index contributed by atoms with van der Waals surface area (Å²) in [6, 6.07) is 3.77. The molecular formula is C10H11ClN2O. The zero-order valence-electron chi connectivity index (χ0n) is 8.17. The molecule has 0 aliphatic carbocycles. The largest absolute Gasteiger partial charge is 0.384 e. The van der Waals surface area contributed by atoms with Gasteiger partial charge in [0.1, 0.15) is 11.2 Å². The zero-order valence-corrected chi connectivity index (χ0v) is 8.93. The van der Waals surface area contributed by atoms with Crippen LogP contribution in [0.3, 0.4) is 0 Å². The highest BCUT2D eigenvalue weighted by Crippen LogP contribution is 2.17. The van der Waals surface area contributed by atoms with Gasteiger partial charge in [0.25, 0.3) is 0 Å². The lowest BCUT2D eigenvalue weighted by atomic mass is 10.1. The summed E-state index contributed by atoms with van der Waals surface area (Å²) in [6.07, 6.45) is 0.751. The summed E-state index contributed by atoms with van der Waals surface area (Å²) in [6.45, 7) is 2.49. The zero-order chi connectivity index (χ0) is 10.6. The number of rotatable bonds is 3. The molecule has 0 fully saturated rings. The van der Waals surface area contributed by atoms with E-state index in [0.29, 0.717) is 12.2 Å². The van der Waals surface area contributed by atoms with Crippen LogP contribution in [0.1, 0.15) is 16.8 Å². The van der Waals surface area contributed by atoms with Crippen LogP contribution in [0, 0.1) is 18.3 Å². The molecule has 74 valence electrons. The SMILES string of the molecule is COCCc1cc(C#N)c(Cl)nc1C. The van der Waals surface area contributed by atoms with Gasteiger partial charge in [-0.3, -0.25) is 0 Å². The number of pyridine rings is 1. The second kappa shape index (κ2) is 4.94. The van der Waals surface area contributed by atoms with E-state index in [9.17, 15) is 0 Å². The minimum atomic E-state index is 0.270. The van der Waals surface area contributed by atoms with Gasteiger partial charge in [-0.25, -0.2) is 4.98 Å². The van der Waals surface area contributed by atoms with Crippen molar-refractivity contribution >= 4 is 11.6 Å². The third-order valence-corrected chi connectivity index (χ3v) is 2.26. The standard InChI is InChI=1S/C10H11ClN2O/c1-7-8(3-4-14-2)5-9(6-12)10(11)13-7/h5H,3-4H2,1-2H3. The van der Waals surface area contributed by atoms with Crippen LogP contribution < -0.4 is 0 Å². The summed E-state index contributed by atoms with van der Waals surface area (Å²) in [5.74, 6) is 0. The molecule has 1 aromatic heterocycles. The molecule has 3 nitrogen and oxygen atoms in total. The topological polar surface area (TPSA) is 45.9 Å². The predicted molar refractivity (Wildman–Crippen MR) is 54.3 cm³/mol. The van der Waals surface area contributed by atoms with Gasteiger partial charge >= 0.3 is 0 Å². The maximum Gasteiger partial charge on any atom is 0.147 e. The predicted octanol–water partition coefficient (Wildman–Crippen LogP) is 2.10. The van der Waals surface area contributed by atoms with Gasteiger partial charge in [0.15, 0.2) is 0 Å². The van der Waals surface area contributed by atoms with Crippen molar-refractivity contribution in [1.82, 2.24) is 4.98 Å². The van der Waals surface area contributed by atoms with E-state index in [1.165, 1.54) is 0 Å². The summed E-state index contributed by atoms with van der Waals surface area (Å²) in [5, 5.41) is 9.02. The Kier molecular flexibility index (Phi) is 3.87. The lowest BCUT2D eigenvalue weighted by Crippen LogP contribution is -2.00. The fourth-order valence-corrected chi connectivity index (χ4v) is 1.38. The van der Waals surface area contributed by atoms with Crippen LogP contribution in [0.15, 0.2) is 6.07 Å². The van der Waals surface area contributed by atoms with Crippen molar-refractivity contribution in [2.75, 3.05) is 13.7 Å². The monoisotopic (exact) mass is 210 g/mol. The van der Waals surface area contributed by atoms with Crippen LogP contribution in [0.25, 0.3) is 0 Å². The lowest BCUT2D eigenvalue weighted by molar-refractivity contribution is 0.202. The van der Waals surface area contributed by atoms with Crippen molar-refractivity contribution in [1.29, 1.82) is 5.26 Å². The molecule has 0 aliphatic heterocycles. The molecule has 0 radical (unpaired) electrons. The van der Waals surface area contributed by atoms with Gasteiger partial charge in [0.05, 0.1) is 12.2 Å². The third kappa shape index (κ3) is 2.44. The Bertz CT molecular complexity index is 371. The van der Waals surface area contributed by atoms with Gasteiger partial charge in [-0.05, 0) is 25.0 Å². The van der Waals surface area contributed by atoms with Crippen molar-refractivity contribution in [2.24, 2.45) is 0 Å². The number of halogens is 1. The highest BCUT2D eigenvalue weighted by molar-refractivity contribution is 6.30. The van der Waals surface area contributed by atoms with Crippen LogP contribution in [-0.4, -0.2) is 18.7 Å². The number of hydrogen-bond donors (Lipinski definition) is 0. The highest BCUT2D eigenvalue weighted by atomic mass is 35.5. The van der Waals surface area contributed by atoms with E-state index in [-0.39, 0.29) is 5.15 Å². The Labute approximate surface area is 88.3 Å². The fourth-order valence-electron chi connectivity index (χ4n) is 1.16. The molecule has 14 heavy (non-hydrogen) atoms. The molecular weight excluding hydrogens is 200 g/mol. The van der Waals surface area contributed by atoms with Crippen molar-refractivity contribution < 1.29 is 4.74 Å². The normalized spacial score (nSPS) is 9.86. The van der Waals surface area contributed by atoms with Crippen molar-refractivity contribution in [3.63, 3.8) is 0 Å². The second-order valence-corrected chi connectivity index (χ2v) is 3.28. The first-order valence-corrected chi connectivity index (χ1v) is 4.62. The van der Waals surface area contributed by atoms with E-state index in [0.717, 1.165) is 17.7 Å². The Morgan fingerprint density at radius 2 is 2.36 bits per heavy atom. The van der Waals surface area contributed by atoms with E-state index >= 15 is 0 Å². The molecule has 0 aromatic carbocycles. The molecule has 0 spiro atoms. The molecule has 0 unspecified atom stereocenters. The number of nitriles is 1. The Hall–Kier alpha value is -1.11. The van der Waals surface area contributed by atoms with E-state index in [1.807, 2.05) is 13.0 Å². The molecule has 0 amide bonds. The molecule has 0 aliphatic rings.